The number of rotatable bonds is 5. The third kappa shape index (κ3) is 3.55. The maximum absolute atomic E-state index is 12.0. The van der Waals surface area contributed by atoms with Gasteiger partial charge in [0.2, 0.25) is 5.88 Å². The van der Waals surface area contributed by atoms with Gasteiger partial charge in [0.15, 0.2) is 12.3 Å². The van der Waals surface area contributed by atoms with Crippen molar-refractivity contribution in [1.82, 2.24) is 4.57 Å². The van der Waals surface area contributed by atoms with Crippen LogP contribution in [0.4, 0.5) is 5.69 Å². The first kappa shape index (κ1) is 17.9. The van der Waals surface area contributed by atoms with E-state index in [2.05, 4.69) is 10.2 Å². The normalized spacial score (nSPS) is 11.5. The van der Waals surface area contributed by atoms with Crippen LogP contribution in [-0.4, -0.2) is 22.2 Å². The average molecular weight is 372 g/mol. The highest BCUT2D eigenvalue weighted by atomic mass is 35.5. The predicted octanol–water partition coefficient (Wildman–Crippen LogP) is 5.27. The Balaban J connectivity index is 1.81. The van der Waals surface area contributed by atoms with E-state index >= 15 is 0 Å². The van der Waals surface area contributed by atoms with Crippen molar-refractivity contribution in [3.05, 3.63) is 53.6 Å². The highest BCUT2D eigenvalue weighted by Gasteiger charge is 2.18. The fourth-order valence-electron chi connectivity index (χ4n) is 2.69. The number of carbonyl (C=O) groups is 1. The van der Waals surface area contributed by atoms with Gasteiger partial charge >= 0.3 is 5.91 Å². The topological polar surface area (TPSA) is 76.2 Å². The Morgan fingerprint density at radius 3 is 2.62 bits per heavy atom. The van der Waals surface area contributed by atoms with Crippen molar-refractivity contribution in [2.75, 3.05) is 6.61 Å². The number of amides is 1. The molecule has 134 valence electrons. The lowest BCUT2D eigenvalue weighted by molar-refractivity contribution is -0.120. The molecule has 3 aromatic rings. The lowest BCUT2D eigenvalue weighted by Gasteiger charge is -2.10. The molecule has 0 aliphatic carbocycles. The molecule has 1 aromatic heterocycles. The summed E-state index contributed by atoms with van der Waals surface area (Å²) < 4.78 is 7.09. The van der Waals surface area contributed by atoms with Crippen molar-refractivity contribution in [3.63, 3.8) is 0 Å². The standard InChI is InChI=1S/C19H18ClN3O3/c1-12(2)23-15-9-5-3-7-13(15)18(19(23)25)22-21-17(24)11-26-16-10-6-4-8-14(16)20/h3-10,12,25H,11H2,1-2H3. The van der Waals surface area contributed by atoms with Crippen LogP contribution in [-0.2, 0) is 4.79 Å². The van der Waals surface area contributed by atoms with Gasteiger partial charge in [-0.15, -0.1) is 10.2 Å². The van der Waals surface area contributed by atoms with E-state index in [1.807, 2.05) is 38.1 Å². The molecule has 0 atom stereocenters. The number of fused-ring (bicyclic) bond motifs is 1. The van der Waals surface area contributed by atoms with Crippen LogP contribution in [0.3, 0.4) is 0 Å². The lowest BCUT2D eigenvalue weighted by Crippen LogP contribution is -2.08. The second kappa shape index (κ2) is 7.58. The quantitative estimate of drug-likeness (QED) is 0.620. The zero-order chi connectivity index (χ0) is 18.7. The molecule has 26 heavy (non-hydrogen) atoms. The maximum atomic E-state index is 12.0. The van der Waals surface area contributed by atoms with Crippen molar-refractivity contribution in [2.24, 2.45) is 10.2 Å². The highest BCUT2D eigenvalue weighted by molar-refractivity contribution is 6.32. The summed E-state index contributed by atoms with van der Waals surface area (Å²) in [6.07, 6.45) is 0. The van der Waals surface area contributed by atoms with E-state index in [-0.39, 0.29) is 24.2 Å². The molecular formula is C19H18ClN3O3. The number of benzene rings is 2. The second-order valence-electron chi connectivity index (χ2n) is 5.97. The minimum atomic E-state index is -0.578. The largest absolute Gasteiger partial charge is 0.493 e. The number of halogens is 1. The first-order valence-electron chi connectivity index (χ1n) is 8.13. The number of carbonyl (C=O) groups excluding carboxylic acids is 1. The lowest BCUT2D eigenvalue weighted by atomic mass is 10.2. The number of ether oxygens (including phenoxy) is 1. The van der Waals surface area contributed by atoms with Gasteiger partial charge in [-0.2, -0.15) is 0 Å². The highest BCUT2D eigenvalue weighted by Crippen LogP contribution is 2.40. The van der Waals surface area contributed by atoms with Crippen LogP contribution in [0, 0.1) is 0 Å². The molecule has 1 heterocycles. The van der Waals surface area contributed by atoms with E-state index in [1.165, 1.54) is 0 Å². The van der Waals surface area contributed by atoms with Crippen molar-refractivity contribution >= 4 is 34.1 Å². The summed E-state index contributed by atoms with van der Waals surface area (Å²) in [5.41, 5.74) is 1.09. The Morgan fingerprint density at radius 2 is 1.88 bits per heavy atom. The number of azo groups is 1. The Bertz CT molecular complexity index is 979. The average Bonchev–Trinajstić information content (AvgIpc) is 2.90. The molecule has 2 aromatic carbocycles. The molecule has 0 saturated heterocycles. The van der Waals surface area contributed by atoms with Gasteiger partial charge in [0, 0.05) is 11.4 Å². The molecule has 0 saturated carbocycles. The SMILES string of the molecule is CC(C)n1c(O)c(N=NC(=O)COc2ccccc2Cl)c2ccccc21. The van der Waals surface area contributed by atoms with Gasteiger partial charge in [-0.1, -0.05) is 41.9 Å². The summed E-state index contributed by atoms with van der Waals surface area (Å²) in [6, 6.07) is 14.3. The zero-order valence-electron chi connectivity index (χ0n) is 14.4. The number of para-hydroxylation sites is 2. The minimum Gasteiger partial charge on any atom is -0.493 e. The van der Waals surface area contributed by atoms with Crippen molar-refractivity contribution in [2.45, 2.75) is 19.9 Å². The van der Waals surface area contributed by atoms with Gasteiger partial charge in [-0.25, -0.2) is 0 Å². The van der Waals surface area contributed by atoms with E-state index < -0.39 is 5.91 Å². The number of nitrogens with zero attached hydrogens (tertiary/aromatic N) is 3. The molecule has 0 aliphatic rings. The van der Waals surface area contributed by atoms with Gasteiger partial charge in [-0.05, 0) is 32.0 Å². The smallest absolute Gasteiger partial charge is 0.302 e. The van der Waals surface area contributed by atoms with Gasteiger partial charge in [0.05, 0.1) is 10.5 Å². The Hall–Kier alpha value is -2.86. The van der Waals surface area contributed by atoms with Crippen LogP contribution in [0.1, 0.15) is 19.9 Å². The summed E-state index contributed by atoms with van der Waals surface area (Å²) >= 11 is 5.97. The van der Waals surface area contributed by atoms with Gasteiger partial charge in [-0.3, -0.25) is 4.79 Å². The van der Waals surface area contributed by atoms with Crippen LogP contribution in [0.15, 0.2) is 58.8 Å². The van der Waals surface area contributed by atoms with Crippen LogP contribution >= 0.6 is 11.6 Å². The fraction of sp³-hybridized carbons (Fsp3) is 0.211. The Morgan fingerprint density at radius 1 is 1.19 bits per heavy atom. The second-order valence-corrected chi connectivity index (χ2v) is 6.37. The molecule has 0 spiro atoms. The molecule has 1 N–H and O–H groups in total. The van der Waals surface area contributed by atoms with Crippen molar-refractivity contribution in [3.8, 4) is 11.6 Å². The summed E-state index contributed by atoms with van der Waals surface area (Å²) in [6.45, 7) is 3.61. The molecule has 7 heteroatoms. The van der Waals surface area contributed by atoms with Crippen LogP contribution in [0.25, 0.3) is 10.9 Å². The van der Waals surface area contributed by atoms with Crippen LogP contribution in [0.5, 0.6) is 11.6 Å². The Kier molecular flexibility index (Phi) is 5.23. The van der Waals surface area contributed by atoms with E-state index in [4.69, 9.17) is 16.3 Å². The molecule has 1 amide bonds. The van der Waals surface area contributed by atoms with Crippen molar-refractivity contribution < 1.29 is 14.6 Å². The monoisotopic (exact) mass is 371 g/mol. The number of hydrogen-bond donors (Lipinski definition) is 1. The zero-order valence-corrected chi connectivity index (χ0v) is 15.1. The molecular weight excluding hydrogens is 354 g/mol. The van der Waals surface area contributed by atoms with Crippen LogP contribution in [0.2, 0.25) is 5.02 Å². The molecule has 6 nitrogen and oxygen atoms in total. The first-order valence-corrected chi connectivity index (χ1v) is 8.50. The Labute approximate surface area is 155 Å². The summed E-state index contributed by atoms with van der Waals surface area (Å²) in [7, 11) is 0. The van der Waals surface area contributed by atoms with E-state index in [9.17, 15) is 9.90 Å². The molecule has 0 unspecified atom stereocenters. The van der Waals surface area contributed by atoms with Crippen LogP contribution < -0.4 is 4.74 Å². The van der Waals surface area contributed by atoms with Gasteiger partial charge in [0.1, 0.15) is 5.75 Å². The molecule has 0 fully saturated rings. The minimum absolute atomic E-state index is 0.0234. The first-order chi connectivity index (χ1) is 12.5. The summed E-state index contributed by atoms with van der Waals surface area (Å²) in [5, 5.41) is 19.3. The summed E-state index contributed by atoms with van der Waals surface area (Å²) in [5.74, 6) is -0.201. The third-order valence-electron chi connectivity index (χ3n) is 3.82. The van der Waals surface area contributed by atoms with E-state index in [0.29, 0.717) is 10.8 Å². The molecule has 0 aliphatic heterocycles. The predicted molar refractivity (Wildman–Crippen MR) is 100 cm³/mol. The molecule has 0 radical (unpaired) electrons. The maximum Gasteiger partial charge on any atom is 0.302 e. The number of aromatic hydroxyl groups is 1. The number of aromatic nitrogens is 1. The molecule has 0 bridgehead atoms. The van der Waals surface area contributed by atoms with Gasteiger partial charge < -0.3 is 14.4 Å². The number of hydrogen-bond acceptors (Lipinski definition) is 4. The summed E-state index contributed by atoms with van der Waals surface area (Å²) in [4.78, 5) is 12.0. The van der Waals surface area contributed by atoms with E-state index in [0.717, 1.165) is 10.9 Å². The fourth-order valence-corrected chi connectivity index (χ4v) is 2.88. The van der Waals surface area contributed by atoms with Gasteiger partial charge in [0.25, 0.3) is 0 Å². The third-order valence-corrected chi connectivity index (χ3v) is 4.14. The van der Waals surface area contributed by atoms with E-state index in [1.54, 1.807) is 28.8 Å². The molecule has 3 rings (SSSR count). The van der Waals surface area contributed by atoms with Crippen molar-refractivity contribution in [1.29, 1.82) is 0 Å².